The molecule has 7 nitrogen and oxygen atoms in total. The number of amides is 2. The van der Waals surface area contributed by atoms with E-state index in [-0.39, 0.29) is 18.8 Å². The van der Waals surface area contributed by atoms with Crippen LogP contribution in [0.25, 0.3) is 6.08 Å². The summed E-state index contributed by atoms with van der Waals surface area (Å²) >= 11 is 1.62. The Morgan fingerprint density at radius 3 is 2.22 bits per heavy atom. The first kappa shape index (κ1) is 26.8. The molecular weight excluding hydrogens is 476 g/mol. The maximum absolute atomic E-state index is 12.9. The van der Waals surface area contributed by atoms with Gasteiger partial charge >= 0.3 is 0 Å². The van der Waals surface area contributed by atoms with Crippen molar-refractivity contribution in [3.63, 3.8) is 0 Å². The fraction of sp³-hybridized carbons (Fsp3) is 0.214. The fourth-order valence-electron chi connectivity index (χ4n) is 3.27. The first-order valence-corrected chi connectivity index (χ1v) is 12.7. The van der Waals surface area contributed by atoms with E-state index >= 15 is 0 Å². The fourth-order valence-corrected chi connectivity index (χ4v) is 3.67. The van der Waals surface area contributed by atoms with Crippen molar-refractivity contribution >= 4 is 29.7 Å². The Labute approximate surface area is 215 Å². The van der Waals surface area contributed by atoms with Crippen LogP contribution in [0, 0.1) is 0 Å². The van der Waals surface area contributed by atoms with Crippen LogP contribution in [0.1, 0.15) is 21.5 Å². The van der Waals surface area contributed by atoms with Gasteiger partial charge in [-0.15, -0.1) is 11.8 Å². The number of rotatable bonds is 12. The molecule has 0 saturated carbocycles. The van der Waals surface area contributed by atoms with Crippen LogP contribution < -0.4 is 20.1 Å². The molecule has 2 amide bonds. The van der Waals surface area contributed by atoms with Gasteiger partial charge in [0.1, 0.15) is 17.2 Å². The minimum atomic E-state index is -0.482. The summed E-state index contributed by atoms with van der Waals surface area (Å²) in [6, 6.07) is 22.2. The molecule has 0 atom stereocenters. The van der Waals surface area contributed by atoms with E-state index in [2.05, 4.69) is 10.6 Å². The van der Waals surface area contributed by atoms with Gasteiger partial charge in [-0.05, 0) is 72.0 Å². The van der Waals surface area contributed by atoms with Crippen LogP contribution in [-0.2, 0) is 11.2 Å². The number of thioether (sulfide) groups is 1. The quantitative estimate of drug-likeness (QED) is 0.255. The number of carbonyl (C=O) groups excluding carboxylic acids is 2. The molecule has 0 saturated heterocycles. The third-order valence-electron chi connectivity index (χ3n) is 5.25. The lowest BCUT2D eigenvalue weighted by atomic mass is 10.1. The van der Waals surface area contributed by atoms with Crippen LogP contribution in [0.5, 0.6) is 11.5 Å². The highest BCUT2D eigenvalue weighted by Gasteiger charge is 2.14. The Kier molecular flexibility index (Phi) is 10.4. The maximum atomic E-state index is 12.9. The van der Waals surface area contributed by atoms with E-state index in [1.54, 1.807) is 49.2 Å². The molecule has 0 unspecified atom stereocenters. The van der Waals surface area contributed by atoms with Gasteiger partial charge in [-0.25, -0.2) is 0 Å². The second-order valence-electron chi connectivity index (χ2n) is 7.74. The van der Waals surface area contributed by atoms with Gasteiger partial charge in [-0.1, -0.05) is 24.3 Å². The molecule has 3 N–H and O–H groups in total. The number of hydrogen-bond donors (Lipinski definition) is 3. The summed E-state index contributed by atoms with van der Waals surface area (Å²) in [4.78, 5) is 26.5. The number of carbonyl (C=O) groups is 2. The van der Waals surface area contributed by atoms with Crippen LogP contribution in [0.3, 0.4) is 0 Å². The van der Waals surface area contributed by atoms with Crippen LogP contribution in [0.4, 0.5) is 0 Å². The zero-order valence-corrected chi connectivity index (χ0v) is 21.1. The topological polar surface area (TPSA) is 96.9 Å². The van der Waals surface area contributed by atoms with E-state index in [0.29, 0.717) is 17.9 Å². The summed E-state index contributed by atoms with van der Waals surface area (Å²) < 4.78 is 11.0. The van der Waals surface area contributed by atoms with Crippen molar-refractivity contribution in [3.8, 4) is 11.5 Å². The predicted octanol–water partition coefficient (Wildman–Crippen LogP) is 3.92. The Balaban J connectivity index is 1.62. The molecule has 3 aromatic carbocycles. The molecule has 0 aliphatic carbocycles. The van der Waals surface area contributed by atoms with Crippen molar-refractivity contribution in [2.75, 3.05) is 33.1 Å². The molecule has 0 fully saturated rings. The molecule has 0 spiro atoms. The van der Waals surface area contributed by atoms with Crippen LogP contribution >= 0.6 is 11.8 Å². The highest BCUT2D eigenvalue weighted by atomic mass is 32.2. The molecule has 188 valence electrons. The number of nitrogens with one attached hydrogen (secondary N) is 2. The van der Waals surface area contributed by atoms with Gasteiger partial charge in [0.15, 0.2) is 0 Å². The van der Waals surface area contributed by atoms with Crippen LogP contribution in [0.15, 0.2) is 83.4 Å². The van der Waals surface area contributed by atoms with E-state index in [9.17, 15) is 9.59 Å². The lowest BCUT2D eigenvalue weighted by Crippen LogP contribution is -2.36. The molecular formula is C28H30N2O5S. The highest BCUT2D eigenvalue weighted by Crippen LogP contribution is 2.17. The standard InChI is InChI=1S/C28H30N2O5S/c1-34-23-9-3-20(4-10-23)15-18-35-24-11-7-22(8-12-24)27(32)30-26(28(33)29-16-17-31)19-21-5-13-25(36-2)14-6-21/h3-14,19,31H,15-18H2,1-2H3,(H,29,33)(H,30,32)/b26-19+. The molecule has 3 aromatic rings. The lowest BCUT2D eigenvalue weighted by molar-refractivity contribution is -0.117. The number of methoxy groups -OCH3 is 1. The molecule has 0 aliphatic rings. The summed E-state index contributed by atoms with van der Waals surface area (Å²) in [7, 11) is 1.63. The smallest absolute Gasteiger partial charge is 0.267 e. The first-order valence-electron chi connectivity index (χ1n) is 11.4. The maximum Gasteiger partial charge on any atom is 0.267 e. The van der Waals surface area contributed by atoms with Gasteiger partial charge in [0, 0.05) is 23.4 Å². The molecule has 8 heteroatoms. The Morgan fingerprint density at radius 1 is 0.944 bits per heavy atom. The molecule has 0 radical (unpaired) electrons. The van der Waals surface area contributed by atoms with Crippen molar-refractivity contribution in [1.82, 2.24) is 10.6 Å². The van der Waals surface area contributed by atoms with Gasteiger partial charge in [0.2, 0.25) is 0 Å². The predicted molar refractivity (Wildman–Crippen MR) is 142 cm³/mol. The SMILES string of the molecule is COc1ccc(CCOc2ccc(C(=O)N/C(=C/c3ccc(SC)cc3)C(=O)NCCO)cc2)cc1. The van der Waals surface area contributed by atoms with E-state index in [0.717, 1.165) is 28.2 Å². The zero-order chi connectivity index (χ0) is 25.8. The van der Waals surface area contributed by atoms with Gasteiger partial charge in [-0.3, -0.25) is 9.59 Å². The Morgan fingerprint density at radius 2 is 1.61 bits per heavy atom. The third-order valence-corrected chi connectivity index (χ3v) is 6.00. The number of ether oxygens (including phenoxy) is 2. The average Bonchev–Trinajstić information content (AvgIpc) is 2.92. The van der Waals surface area contributed by atoms with Crippen molar-refractivity contribution < 1.29 is 24.2 Å². The van der Waals surface area contributed by atoms with E-state index < -0.39 is 11.8 Å². The normalized spacial score (nSPS) is 11.0. The second kappa shape index (κ2) is 14.0. The van der Waals surface area contributed by atoms with Crippen LogP contribution in [-0.4, -0.2) is 50.0 Å². The van der Waals surface area contributed by atoms with E-state index in [1.165, 1.54) is 0 Å². The second-order valence-corrected chi connectivity index (χ2v) is 8.62. The van der Waals surface area contributed by atoms with Gasteiger partial charge < -0.3 is 25.2 Å². The van der Waals surface area contributed by atoms with Crippen molar-refractivity contribution in [1.29, 1.82) is 0 Å². The summed E-state index contributed by atoms with van der Waals surface area (Å²) in [5.74, 6) is 0.548. The van der Waals surface area contributed by atoms with Crippen molar-refractivity contribution in [3.05, 3.63) is 95.2 Å². The minimum Gasteiger partial charge on any atom is -0.497 e. The number of aliphatic hydroxyl groups excluding tert-OH is 1. The number of hydrogen-bond acceptors (Lipinski definition) is 6. The monoisotopic (exact) mass is 506 g/mol. The van der Waals surface area contributed by atoms with Crippen molar-refractivity contribution in [2.45, 2.75) is 11.3 Å². The van der Waals surface area contributed by atoms with Crippen molar-refractivity contribution in [2.24, 2.45) is 0 Å². The molecule has 36 heavy (non-hydrogen) atoms. The molecule has 0 aromatic heterocycles. The molecule has 0 heterocycles. The first-order chi connectivity index (χ1) is 17.5. The van der Waals surface area contributed by atoms with E-state index in [4.69, 9.17) is 14.6 Å². The molecule has 0 bridgehead atoms. The number of aliphatic hydroxyl groups is 1. The van der Waals surface area contributed by atoms with Gasteiger partial charge in [-0.2, -0.15) is 0 Å². The lowest BCUT2D eigenvalue weighted by Gasteiger charge is -2.11. The summed E-state index contributed by atoms with van der Waals surface area (Å²) in [6.07, 6.45) is 4.32. The molecule has 0 aliphatic heterocycles. The van der Waals surface area contributed by atoms with Gasteiger partial charge in [0.25, 0.3) is 11.8 Å². The summed E-state index contributed by atoms with van der Waals surface area (Å²) in [5, 5.41) is 14.3. The molecule has 3 rings (SSSR count). The Hall–Kier alpha value is -3.75. The average molecular weight is 507 g/mol. The minimum absolute atomic E-state index is 0.0834. The Bertz CT molecular complexity index is 1160. The zero-order valence-electron chi connectivity index (χ0n) is 20.3. The van der Waals surface area contributed by atoms with E-state index in [1.807, 2.05) is 54.8 Å². The third kappa shape index (κ3) is 8.18. The summed E-state index contributed by atoms with van der Waals surface area (Å²) in [6.45, 7) is 0.375. The largest absolute Gasteiger partial charge is 0.497 e. The highest BCUT2D eigenvalue weighted by molar-refractivity contribution is 7.98. The number of benzene rings is 3. The summed E-state index contributed by atoms with van der Waals surface area (Å²) in [5.41, 5.74) is 2.37. The van der Waals surface area contributed by atoms with Gasteiger partial charge in [0.05, 0.1) is 20.3 Å². The van der Waals surface area contributed by atoms with Crippen LogP contribution in [0.2, 0.25) is 0 Å².